The van der Waals surface area contributed by atoms with Crippen molar-refractivity contribution in [3.05, 3.63) is 0 Å². The highest BCUT2D eigenvalue weighted by Gasteiger charge is 1.92. The Bertz CT molecular complexity index is 47.0. The number of alkyl halides is 1. The van der Waals surface area contributed by atoms with Gasteiger partial charge >= 0.3 is 0 Å². The molecule has 0 rings (SSSR count). The minimum Gasteiger partial charge on any atom is -0.247 e. The maximum Gasteiger partial charge on any atom is 0.0648 e. The first-order valence-corrected chi connectivity index (χ1v) is 3.65. The maximum atomic E-state index is 2.31. The molecule has 0 spiro atoms. The van der Waals surface area contributed by atoms with E-state index in [0.717, 1.165) is 4.55 Å². The SMILES string of the molecule is CN(C)N(C)CI. The molecule has 0 aliphatic heterocycles. The minimum absolute atomic E-state index is 1.05. The number of hydrogen-bond donors (Lipinski definition) is 0. The Balaban J connectivity index is 3.14. The highest BCUT2D eigenvalue weighted by atomic mass is 127. The van der Waals surface area contributed by atoms with Gasteiger partial charge in [-0.1, -0.05) is 22.6 Å². The van der Waals surface area contributed by atoms with Crippen molar-refractivity contribution in [3.8, 4) is 0 Å². The van der Waals surface area contributed by atoms with Crippen molar-refractivity contribution in [3.63, 3.8) is 0 Å². The van der Waals surface area contributed by atoms with Crippen LogP contribution < -0.4 is 0 Å². The Morgan fingerprint density at radius 1 is 1.29 bits per heavy atom. The Hall–Kier alpha value is 0.650. The maximum absolute atomic E-state index is 2.31. The molecule has 7 heavy (non-hydrogen) atoms. The van der Waals surface area contributed by atoms with E-state index in [1.165, 1.54) is 0 Å². The summed E-state index contributed by atoms with van der Waals surface area (Å²) < 4.78 is 1.05. The van der Waals surface area contributed by atoms with Crippen LogP contribution >= 0.6 is 22.6 Å². The van der Waals surface area contributed by atoms with Gasteiger partial charge in [0, 0.05) is 21.1 Å². The van der Waals surface area contributed by atoms with Crippen molar-refractivity contribution in [2.75, 3.05) is 25.7 Å². The fraction of sp³-hybridized carbons (Fsp3) is 1.00. The van der Waals surface area contributed by atoms with Gasteiger partial charge in [-0.2, -0.15) is 0 Å². The van der Waals surface area contributed by atoms with E-state index in [2.05, 4.69) is 27.6 Å². The molecule has 44 valence electrons. The Morgan fingerprint density at radius 2 is 1.71 bits per heavy atom. The number of nitrogens with zero attached hydrogens (tertiary/aromatic N) is 2. The molecular formula is C4H11IN2. The van der Waals surface area contributed by atoms with Crippen LogP contribution in [-0.4, -0.2) is 35.7 Å². The van der Waals surface area contributed by atoms with Crippen LogP contribution in [0.5, 0.6) is 0 Å². The van der Waals surface area contributed by atoms with E-state index in [1.807, 2.05) is 26.2 Å². The lowest BCUT2D eigenvalue weighted by Crippen LogP contribution is -2.31. The molecule has 0 unspecified atom stereocenters. The van der Waals surface area contributed by atoms with E-state index in [9.17, 15) is 0 Å². The fourth-order valence-electron chi connectivity index (χ4n) is 0.107. The van der Waals surface area contributed by atoms with Crippen LogP contribution in [0.25, 0.3) is 0 Å². The molecule has 0 bridgehead atoms. The molecule has 0 aliphatic rings. The van der Waals surface area contributed by atoms with Gasteiger partial charge in [0.2, 0.25) is 0 Å². The van der Waals surface area contributed by atoms with Gasteiger partial charge < -0.3 is 0 Å². The summed E-state index contributed by atoms with van der Waals surface area (Å²) in [5, 5.41) is 4.16. The normalized spacial score (nSPS) is 11.1. The predicted octanol–water partition coefficient (Wildman–Crippen LogP) is 0.787. The number of halogens is 1. The molecule has 2 nitrogen and oxygen atoms in total. The zero-order valence-electron chi connectivity index (χ0n) is 4.98. The molecule has 0 aromatic carbocycles. The van der Waals surface area contributed by atoms with Crippen molar-refractivity contribution in [1.29, 1.82) is 0 Å². The summed E-state index contributed by atoms with van der Waals surface area (Å²) in [6.07, 6.45) is 0. The summed E-state index contributed by atoms with van der Waals surface area (Å²) in [6, 6.07) is 0. The Morgan fingerprint density at radius 3 is 1.71 bits per heavy atom. The largest absolute Gasteiger partial charge is 0.247 e. The molecule has 3 heteroatoms. The quantitative estimate of drug-likeness (QED) is 0.290. The second-order valence-electron chi connectivity index (χ2n) is 1.62. The van der Waals surface area contributed by atoms with Crippen molar-refractivity contribution < 1.29 is 0 Å². The van der Waals surface area contributed by atoms with Crippen LogP contribution in [0.3, 0.4) is 0 Å². The topological polar surface area (TPSA) is 6.48 Å². The zero-order valence-corrected chi connectivity index (χ0v) is 7.14. The first-order chi connectivity index (χ1) is 3.18. The number of hydrazine groups is 1. The lowest BCUT2D eigenvalue weighted by atomic mass is 11.0. The van der Waals surface area contributed by atoms with Gasteiger partial charge in [-0.3, -0.25) is 0 Å². The number of rotatable bonds is 2. The third-order valence-electron chi connectivity index (χ3n) is 0.856. The van der Waals surface area contributed by atoms with Gasteiger partial charge in [-0.05, 0) is 0 Å². The average molecular weight is 214 g/mol. The molecule has 0 aromatic rings. The number of hydrogen-bond acceptors (Lipinski definition) is 2. The van der Waals surface area contributed by atoms with Crippen molar-refractivity contribution >= 4 is 22.6 Å². The summed E-state index contributed by atoms with van der Waals surface area (Å²) in [6.45, 7) is 0. The van der Waals surface area contributed by atoms with Gasteiger partial charge in [0.15, 0.2) is 0 Å². The summed E-state index contributed by atoms with van der Waals surface area (Å²) in [5.41, 5.74) is 0. The summed E-state index contributed by atoms with van der Waals surface area (Å²) in [4.78, 5) is 0. The Labute approximate surface area is 58.6 Å². The first kappa shape index (κ1) is 7.65. The smallest absolute Gasteiger partial charge is 0.0648 e. The highest BCUT2D eigenvalue weighted by molar-refractivity contribution is 14.1. The molecule has 0 aliphatic carbocycles. The molecular weight excluding hydrogens is 203 g/mol. The van der Waals surface area contributed by atoms with E-state index >= 15 is 0 Å². The second-order valence-corrected chi connectivity index (χ2v) is 2.31. The van der Waals surface area contributed by atoms with Crippen LogP contribution in [-0.2, 0) is 0 Å². The zero-order chi connectivity index (χ0) is 5.86. The van der Waals surface area contributed by atoms with E-state index in [-0.39, 0.29) is 0 Å². The van der Waals surface area contributed by atoms with Crippen LogP contribution in [0, 0.1) is 0 Å². The Kier molecular flexibility index (Phi) is 3.96. The van der Waals surface area contributed by atoms with E-state index < -0.39 is 0 Å². The van der Waals surface area contributed by atoms with Crippen LogP contribution in [0.15, 0.2) is 0 Å². The second kappa shape index (κ2) is 3.63. The first-order valence-electron chi connectivity index (χ1n) is 2.13. The lowest BCUT2D eigenvalue weighted by molar-refractivity contribution is 0.0853. The highest BCUT2D eigenvalue weighted by Crippen LogP contribution is 1.89. The monoisotopic (exact) mass is 214 g/mol. The minimum atomic E-state index is 1.05. The van der Waals surface area contributed by atoms with Gasteiger partial charge in [-0.25, -0.2) is 10.0 Å². The molecule has 0 saturated carbocycles. The van der Waals surface area contributed by atoms with E-state index in [4.69, 9.17) is 0 Å². The summed E-state index contributed by atoms with van der Waals surface area (Å²) >= 11 is 2.31. The van der Waals surface area contributed by atoms with Crippen LogP contribution in [0.4, 0.5) is 0 Å². The summed E-state index contributed by atoms with van der Waals surface area (Å²) in [5.74, 6) is 0. The van der Waals surface area contributed by atoms with Crippen molar-refractivity contribution in [2.24, 2.45) is 0 Å². The van der Waals surface area contributed by atoms with Gasteiger partial charge in [0.05, 0.1) is 4.55 Å². The molecule has 0 heterocycles. The molecule has 0 N–H and O–H groups in total. The average Bonchev–Trinajstić information content (AvgIpc) is 1.65. The van der Waals surface area contributed by atoms with Gasteiger partial charge in [-0.15, -0.1) is 0 Å². The third-order valence-corrected chi connectivity index (χ3v) is 1.84. The third kappa shape index (κ3) is 3.25. The van der Waals surface area contributed by atoms with Crippen LogP contribution in [0.2, 0.25) is 0 Å². The van der Waals surface area contributed by atoms with E-state index in [1.54, 1.807) is 0 Å². The van der Waals surface area contributed by atoms with Gasteiger partial charge in [0.25, 0.3) is 0 Å². The lowest BCUT2D eigenvalue weighted by Gasteiger charge is -2.20. The molecule has 0 amide bonds. The molecule has 0 saturated heterocycles. The molecule has 0 fully saturated rings. The van der Waals surface area contributed by atoms with Crippen molar-refractivity contribution in [2.45, 2.75) is 0 Å². The predicted molar refractivity (Wildman–Crippen MR) is 40.3 cm³/mol. The summed E-state index contributed by atoms with van der Waals surface area (Å²) in [7, 11) is 6.10. The van der Waals surface area contributed by atoms with E-state index in [0.29, 0.717) is 0 Å². The standard InChI is InChI=1S/C4H11IN2/c1-6(2)7(3)4-5/h4H2,1-3H3. The molecule has 0 atom stereocenters. The molecule has 0 radical (unpaired) electrons. The van der Waals surface area contributed by atoms with Gasteiger partial charge in [0.1, 0.15) is 0 Å². The van der Waals surface area contributed by atoms with Crippen LogP contribution in [0.1, 0.15) is 0 Å². The van der Waals surface area contributed by atoms with Crippen molar-refractivity contribution in [1.82, 2.24) is 10.0 Å². The fourth-order valence-corrected chi connectivity index (χ4v) is 0.717. The molecule has 0 aromatic heterocycles.